The van der Waals surface area contributed by atoms with Gasteiger partial charge in [0.25, 0.3) is 0 Å². The lowest BCUT2D eigenvalue weighted by Crippen LogP contribution is -2.28. The van der Waals surface area contributed by atoms with Crippen molar-refractivity contribution in [2.45, 2.75) is 25.7 Å². The summed E-state index contributed by atoms with van der Waals surface area (Å²) in [5, 5.41) is 11.1. The third kappa shape index (κ3) is 4.06. The summed E-state index contributed by atoms with van der Waals surface area (Å²) in [6.07, 6.45) is -1.90. The summed E-state index contributed by atoms with van der Waals surface area (Å²) in [6.45, 7) is -2.35. The van der Waals surface area contributed by atoms with E-state index in [1.165, 1.54) is 0 Å². The third-order valence-electron chi connectivity index (χ3n) is 1.67. The molecular formula is C12H16N2. The standard InChI is InChI=1S/C12H16N2/c1-11(14-9-5-8-13)10-12-6-3-2-4-7-12/h2-4,6-7,11,14H,5,9-10H2,1H3/i1D3,10D2. The van der Waals surface area contributed by atoms with Gasteiger partial charge in [-0.15, -0.1) is 0 Å². The first-order valence-electron chi connectivity index (χ1n) is 6.96. The topological polar surface area (TPSA) is 35.8 Å². The van der Waals surface area contributed by atoms with E-state index < -0.39 is 19.3 Å². The van der Waals surface area contributed by atoms with Crippen LogP contribution in [-0.2, 0) is 6.37 Å². The molecule has 1 aromatic rings. The van der Waals surface area contributed by atoms with Crippen LogP contribution in [0, 0.1) is 11.3 Å². The number of rotatable bonds is 5. The van der Waals surface area contributed by atoms with Crippen molar-refractivity contribution in [3.8, 4) is 6.07 Å². The predicted molar refractivity (Wildman–Crippen MR) is 57.8 cm³/mol. The quantitative estimate of drug-likeness (QED) is 0.727. The van der Waals surface area contributed by atoms with Crippen molar-refractivity contribution in [3.63, 3.8) is 0 Å². The molecule has 0 spiro atoms. The zero-order chi connectivity index (χ0) is 14.5. The minimum Gasteiger partial charge on any atom is -0.313 e. The van der Waals surface area contributed by atoms with Gasteiger partial charge in [0.05, 0.1) is 6.07 Å². The fourth-order valence-electron chi connectivity index (χ4n) is 1.02. The highest BCUT2D eigenvalue weighted by molar-refractivity contribution is 5.15. The van der Waals surface area contributed by atoms with Crippen molar-refractivity contribution in [1.82, 2.24) is 5.32 Å². The lowest BCUT2D eigenvalue weighted by Gasteiger charge is -2.12. The van der Waals surface area contributed by atoms with Crippen molar-refractivity contribution < 1.29 is 6.85 Å². The Morgan fingerprint density at radius 3 is 3.00 bits per heavy atom. The number of hydrogen-bond acceptors (Lipinski definition) is 2. The first-order chi connectivity index (χ1) is 8.80. The molecule has 0 aliphatic rings. The van der Waals surface area contributed by atoms with E-state index in [0.29, 0.717) is 5.56 Å². The van der Waals surface area contributed by atoms with Crippen LogP contribution >= 0.6 is 0 Å². The maximum atomic E-state index is 8.48. The molecule has 0 fully saturated rings. The molecule has 1 rings (SSSR count). The van der Waals surface area contributed by atoms with E-state index in [-0.39, 0.29) is 13.0 Å². The van der Waals surface area contributed by atoms with Gasteiger partial charge >= 0.3 is 0 Å². The summed E-state index contributed by atoms with van der Waals surface area (Å²) in [4.78, 5) is 0. The number of hydrogen-bond donors (Lipinski definition) is 1. The Hall–Kier alpha value is -1.33. The summed E-state index contributed by atoms with van der Waals surface area (Å²) in [7, 11) is 0. The van der Waals surface area contributed by atoms with Gasteiger partial charge < -0.3 is 5.32 Å². The van der Waals surface area contributed by atoms with E-state index in [1.807, 2.05) is 6.07 Å². The minimum atomic E-state index is -2.49. The largest absolute Gasteiger partial charge is 0.313 e. The maximum Gasteiger partial charge on any atom is 0.0635 e. The van der Waals surface area contributed by atoms with E-state index in [4.69, 9.17) is 12.1 Å². The second-order valence-corrected chi connectivity index (χ2v) is 2.81. The smallest absolute Gasteiger partial charge is 0.0635 e. The molecule has 1 aromatic carbocycles. The second-order valence-electron chi connectivity index (χ2n) is 2.81. The summed E-state index contributed by atoms with van der Waals surface area (Å²) in [5.41, 5.74) is 0.306. The maximum absolute atomic E-state index is 8.48. The predicted octanol–water partition coefficient (Wildman–Crippen LogP) is 2.12. The van der Waals surface area contributed by atoms with E-state index in [9.17, 15) is 0 Å². The molecule has 1 atom stereocenters. The normalized spacial score (nSPS) is 19.2. The second kappa shape index (κ2) is 6.17. The fourth-order valence-corrected chi connectivity index (χ4v) is 1.02. The Balaban J connectivity index is 3.00. The summed E-state index contributed by atoms with van der Waals surface area (Å²) >= 11 is 0. The molecule has 1 N–H and O–H groups in total. The van der Waals surface area contributed by atoms with Crippen molar-refractivity contribution in [2.75, 3.05) is 6.54 Å². The highest BCUT2D eigenvalue weighted by Crippen LogP contribution is 2.02. The van der Waals surface area contributed by atoms with Crippen LogP contribution in [0.2, 0.25) is 0 Å². The van der Waals surface area contributed by atoms with Crippen LogP contribution in [0.3, 0.4) is 0 Å². The molecule has 0 bridgehead atoms. The van der Waals surface area contributed by atoms with Crippen molar-refractivity contribution >= 4 is 0 Å². The first kappa shape index (κ1) is 5.53. The Bertz CT molecular complexity index is 436. The van der Waals surface area contributed by atoms with Gasteiger partial charge in [0.1, 0.15) is 0 Å². The van der Waals surface area contributed by atoms with E-state index in [2.05, 4.69) is 5.32 Å². The summed E-state index contributed by atoms with van der Waals surface area (Å²) < 4.78 is 38.6. The molecule has 0 saturated carbocycles. The molecule has 74 valence electrons. The Kier molecular flexibility index (Phi) is 2.44. The summed E-state index contributed by atoms with van der Waals surface area (Å²) in [6, 6.07) is 8.74. The monoisotopic (exact) mass is 193 g/mol. The molecular weight excluding hydrogens is 172 g/mol. The number of nitrogens with one attached hydrogen (secondary N) is 1. The molecule has 0 radical (unpaired) electrons. The van der Waals surface area contributed by atoms with Gasteiger partial charge in [-0.25, -0.2) is 0 Å². The third-order valence-corrected chi connectivity index (χ3v) is 1.67. The van der Waals surface area contributed by atoms with E-state index >= 15 is 0 Å². The number of benzene rings is 1. The molecule has 0 heterocycles. The van der Waals surface area contributed by atoms with E-state index in [0.717, 1.165) is 0 Å². The number of nitriles is 1. The van der Waals surface area contributed by atoms with Crippen LogP contribution in [0.25, 0.3) is 0 Å². The van der Waals surface area contributed by atoms with E-state index in [1.54, 1.807) is 30.3 Å². The average molecular weight is 193 g/mol. The lowest BCUT2D eigenvalue weighted by molar-refractivity contribution is 0.553. The molecule has 0 amide bonds. The lowest BCUT2D eigenvalue weighted by atomic mass is 10.1. The van der Waals surface area contributed by atoms with Crippen LogP contribution in [0.1, 0.15) is 25.7 Å². The average Bonchev–Trinajstić information content (AvgIpc) is 2.34. The molecule has 0 aliphatic heterocycles. The highest BCUT2D eigenvalue weighted by Gasteiger charge is 2.01. The summed E-state index contributed by atoms with van der Waals surface area (Å²) in [5.74, 6) is 0. The Morgan fingerprint density at radius 1 is 1.57 bits per heavy atom. The molecule has 0 aromatic heterocycles. The zero-order valence-corrected chi connectivity index (χ0v) is 7.83. The molecule has 14 heavy (non-hydrogen) atoms. The molecule has 1 unspecified atom stereocenters. The van der Waals surface area contributed by atoms with Gasteiger partial charge in [-0.1, -0.05) is 30.3 Å². The van der Waals surface area contributed by atoms with Gasteiger partial charge in [-0.05, 0) is 18.8 Å². The van der Waals surface area contributed by atoms with Crippen LogP contribution in [0.15, 0.2) is 30.3 Å². The van der Waals surface area contributed by atoms with Crippen LogP contribution < -0.4 is 5.32 Å². The Labute approximate surface area is 92.6 Å². The fraction of sp³-hybridized carbons (Fsp3) is 0.417. The SMILES string of the molecule is [2H]C([2H])([2H])C(NCCC#N)C([2H])([2H])c1ccccc1. The molecule has 2 heteroatoms. The van der Waals surface area contributed by atoms with Gasteiger partial charge in [0.15, 0.2) is 0 Å². The highest BCUT2D eigenvalue weighted by atomic mass is 14.9. The molecule has 2 nitrogen and oxygen atoms in total. The number of nitrogens with zero attached hydrogens (tertiary/aromatic N) is 1. The minimum absolute atomic E-state index is 0.136. The van der Waals surface area contributed by atoms with Gasteiger partial charge in [0.2, 0.25) is 0 Å². The van der Waals surface area contributed by atoms with Crippen LogP contribution in [0.5, 0.6) is 0 Å². The van der Waals surface area contributed by atoms with Crippen LogP contribution in [0.4, 0.5) is 0 Å². The van der Waals surface area contributed by atoms with Gasteiger partial charge in [0, 0.05) is 25.9 Å². The van der Waals surface area contributed by atoms with Crippen LogP contribution in [-0.4, -0.2) is 12.6 Å². The van der Waals surface area contributed by atoms with Crippen molar-refractivity contribution in [2.24, 2.45) is 0 Å². The zero-order valence-electron chi connectivity index (χ0n) is 12.8. The van der Waals surface area contributed by atoms with Crippen molar-refractivity contribution in [1.29, 1.82) is 5.26 Å². The molecule has 0 aliphatic carbocycles. The van der Waals surface area contributed by atoms with Gasteiger partial charge in [-0.2, -0.15) is 5.26 Å². The van der Waals surface area contributed by atoms with Crippen molar-refractivity contribution in [3.05, 3.63) is 35.9 Å². The molecule has 0 saturated heterocycles. The van der Waals surface area contributed by atoms with Gasteiger partial charge in [-0.3, -0.25) is 0 Å². The first-order valence-corrected chi connectivity index (χ1v) is 4.46. The Morgan fingerprint density at radius 2 is 2.36 bits per heavy atom.